The van der Waals surface area contributed by atoms with E-state index in [0.29, 0.717) is 5.75 Å². The van der Waals surface area contributed by atoms with E-state index in [-0.39, 0.29) is 25.5 Å². The lowest BCUT2D eigenvalue weighted by Crippen LogP contribution is -2.50. The van der Waals surface area contributed by atoms with Gasteiger partial charge in [-0.3, -0.25) is 14.6 Å². The third-order valence-electron chi connectivity index (χ3n) is 4.79. The Morgan fingerprint density at radius 1 is 1.16 bits per heavy atom. The third-order valence-corrected chi connectivity index (χ3v) is 6.05. The largest absolute Gasteiger partial charge is 0.497 e. The first-order chi connectivity index (χ1) is 14.6. The van der Waals surface area contributed by atoms with Crippen molar-refractivity contribution in [1.82, 2.24) is 19.5 Å². The minimum atomic E-state index is -3.54. The van der Waals surface area contributed by atoms with Crippen LogP contribution in [0.15, 0.2) is 48.8 Å². The van der Waals surface area contributed by atoms with Crippen molar-refractivity contribution < 1.29 is 22.7 Å². The number of carbonyl (C=O) groups is 2. The van der Waals surface area contributed by atoms with Crippen LogP contribution in [0.2, 0.25) is 0 Å². The van der Waals surface area contributed by atoms with E-state index in [1.807, 2.05) is 6.07 Å². The summed E-state index contributed by atoms with van der Waals surface area (Å²) in [5.74, 6) is -0.166. The summed E-state index contributed by atoms with van der Waals surface area (Å²) in [6.45, 7) is 1.66. The molecule has 0 aliphatic rings. The lowest BCUT2D eigenvalue weighted by atomic mass is 10.1. The first-order valence-corrected chi connectivity index (χ1v) is 11.5. The molecular formula is C21H28N4O5S. The van der Waals surface area contributed by atoms with Crippen molar-refractivity contribution >= 4 is 21.8 Å². The van der Waals surface area contributed by atoms with Crippen LogP contribution < -0.4 is 10.1 Å². The van der Waals surface area contributed by atoms with Crippen LogP contribution in [0.1, 0.15) is 18.1 Å². The summed E-state index contributed by atoms with van der Waals surface area (Å²) >= 11 is 0. The van der Waals surface area contributed by atoms with Crippen molar-refractivity contribution in [3.8, 4) is 5.75 Å². The average molecular weight is 449 g/mol. The van der Waals surface area contributed by atoms with Gasteiger partial charge in [-0.05, 0) is 36.2 Å². The zero-order valence-electron chi connectivity index (χ0n) is 18.1. The van der Waals surface area contributed by atoms with Crippen molar-refractivity contribution in [2.24, 2.45) is 0 Å². The zero-order chi connectivity index (χ0) is 23.0. The van der Waals surface area contributed by atoms with Crippen LogP contribution in [0.4, 0.5) is 0 Å². The molecule has 2 aromatic rings. The summed E-state index contributed by atoms with van der Waals surface area (Å²) in [5.41, 5.74) is 1.61. The van der Waals surface area contributed by atoms with E-state index < -0.39 is 22.0 Å². The number of rotatable bonds is 10. The topological polar surface area (TPSA) is 109 Å². The molecule has 0 aliphatic heterocycles. The van der Waals surface area contributed by atoms with Gasteiger partial charge in [0.15, 0.2) is 0 Å². The molecule has 1 heterocycles. The van der Waals surface area contributed by atoms with Gasteiger partial charge in [-0.15, -0.1) is 0 Å². The van der Waals surface area contributed by atoms with Crippen molar-refractivity contribution in [3.63, 3.8) is 0 Å². The van der Waals surface area contributed by atoms with Gasteiger partial charge in [0.1, 0.15) is 11.8 Å². The number of methoxy groups -OCH3 is 1. The number of nitrogens with zero attached hydrogens (tertiary/aromatic N) is 3. The molecule has 31 heavy (non-hydrogen) atoms. The maximum absolute atomic E-state index is 13.0. The van der Waals surface area contributed by atoms with Gasteiger partial charge < -0.3 is 15.0 Å². The Balaban J connectivity index is 2.17. The number of nitrogens with one attached hydrogen (secondary N) is 1. The molecule has 0 bridgehead atoms. The average Bonchev–Trinajstić information content (AvgIpc) is 2.75. The highest BCUT2D eigenvalue weighted by atomic mass is 32.2. The van der Waals surface area contributed by atoms with Crippen LogP contribution in [0.5, 0.6) is 5.75 Å². The summed E-state index contributed by atoms with van der Waals surface area (Å²) in [6.07, 6.45) is 4.31. The van der Waals surface area contributed by atoms with Gasteiger partial charge in [-0.25, -0.2) is 8.42 Å². The highest BCUT2D eigenvalue weighted by molar-refractivity contribution is 7.88. The molecule has 10 heteroatoms. The van der Waals surface area contributed by atoms with Crippen LogP contribution in [0.25, 0.3) is 0 Å². The predicted molar refractivity (Wildman–Crippen MR) is 117 cm³/mol. The first kappa shape index (κ1) is 24.3. The van der Waals surface area contributed by atoms with Gasteiger partial charge in [-0.1, -0.05) is 18.2 Å². The van der Waals surface area contributed by atoms with Gasteiger partial charge in [-0.2, -0.15) is 4.31 Å². The van der Waals surface area contributed by atoms with Gasteiger partial charge >= 0.3 is 0 Å². The molecule has 1 aromatic carbocycles. The number of sulfonamides is 1. The number of amides is 2. The van der Waals surface area contributed by atoms with E-state index >= 15 is 0 Å². The molecule has 2 amide bonds. The molecular weight excluding hydrogens is 420 g/mol. The van der Waals surface area contributed by atoms with Gasteiger partial charge in [0.25, 0.3) is 0 Å². The van der Waals surface area contributed by atoms with Crippen LogP contribution in [0, 0.1) is 0 Å². The number of hydrogen-bond acceptors (Lipinski definition) is 6. The van der Waals surface area contributed by atoms with E-state index in [9.17, 15) is 18.0 Å². The Morgan fingerprint density at radius 3 is 2.39 bits per heavy atom. The number of pyridine rings is 1. The zero-order valence-corrected chi connectivity index (χ0v) is 18.9. The van der Waals surface area contributed by atoms with Gasteiger partial charge in [0.05, 0.1) is 19.9 Å². The molecule has 0 radical (unpaired) electrons. The summed E-state index contributed by atoms with van der Waals surface area (Å²) in [7, 11) is -0.662. The SMILES string of the molecule is COc1ccc(CN(C(=O)CN(C)S(C)(=O)=O)[C@@H](C)C(=O)NCc2cccnc2)cc1. The molecule has 0 fully saturated rings. The summed E-state index contributed by atoms with van der Waals surface area (Å²) < 4.78 is 29.6. The van der Waals surface area contributed by atoms with Crippen LogP contribution >= 0.6 is 0 Å². The summed E-state index contributed by atoms with van der Waals surface area (Å²) in [4.78, 5) is 31.1. The molecule has 1 aromatic heterocycles. The molecule has 0 saturated heterocycles. The molecule has 1 atom stereocenters. The van der Waals surface area contributed by atoms with E-state index in [4.69, 9.17) is 4.74 Å². The fourth-order valence-electron chi connectivity index (χ4n) is 2.75. The number of carbonyl (C=O) groups excluding carboxylic acids is 2. The Morgan fingerprint density at radius 2 is 1.84 bits per heavy atom. The number of likely N-dealkylation sites (N-methyl/N-ethyl adjacent to an activating group) is 1. The lowest BCUT2D eigenvalue weighted by molar-refractivity contribution is -0.140. The summed E-state index contributed by atoms with van der Waals surface area (Å²) in [5, 5.41) is 2.80. The molecule has 2 rings (SSSR count). The highest BCUT2D eigenvalue weighted by Gasteiger charge is 2.28. The van der Waals surface area contributed by atoms with Crippen LogP contribution in [-0.2, 0) is 32.7 Å². The highest BCUT2D eigenvalue weighted by Crippen LogP contribution is 2.15. The minimum Gasteiger partial charge on any atom is -0.497 e. The first-order valence-electron chi connectivity index (χ1n) is 9.62. The lowest BCUT2D eigenvalue weighted by Gasteiger charge is -2.30. The Bertz CT molecular complexity index is 981. The molecule has 168 valence electrons. The number of aromatic nitrogens is 1. The minimum absolute atomic E-state index is 0.141. The normalized spacial score (nSPS) is 12.3. The quantitative estimate of drug-likeness (QED) is 0.581. The van der Waals surface area contributed by atoms with Crippen molar-refractivity contribution in [1.29, 1.82) is 0 Å². The number of hydrogen-bond donors (Lipinski definition) is 1. The standard InChI is InChI=1S/C21H28N4O5S/c1-16(21(27)23-13-18-6-5-11-22-12-18)25(20(26)15-24(2)31(4,28)29)14-17-7-9-19(30-3)10-8-17/h5-12,16H,13-15H2,1-4H3,(H,23,27)/t16-/m0/s1. The predicted octanol–water partition coefficient (Wildman–Crippen LogP) is 1.02. The maximum atomic E-state index is 13.0. The Labute approximate surface area is 183 Å². The smallest absolute Gasteiger partial charge is 0.242 e. The molecule has 0 aliphatic carbocycles. The fourth-order valence-corrected chi connectivity index (χ4v) is 3.09. The molecule has 9 nitrogen and oxygen atoms in total. The second-order valence-corrected chi connectivity index (χ2v) is 9.23. The Hall–Kier alpha value is -2.98. The second-order valence-electron chi connectivity index (χ2n) is 7.14. The van der Waals surface area contributed by atoms with Crippen LogP contribution in [-0.4, -0.2) is 67.4 Å². The maximum Gasteiger partial charge on any atom is 0.242 e. The van der Waals surface area contributed by atoms with Crippen molar-refractivity contribution in [2.75, 3.05) is 27.0 Å². The fraction of sp³-hybridized carbons (Fsp3) is 0.381. The number of benzene rings is 1. The number of ether oxygens (including phenoxy) is 1. The molecule has 1 N–H and O–H groups in total. The van der Waals surface area contributed by atoms with Gasteiger partial charge in [0, 0.05) is 32.5 Å². The van der Waals surface area contributed by atoms with Crippen molar-refractivity contribution in [3.05, 3.63) is 59.9 Å². The monoisotopic (exact) mass is 448 g/mol. The van der Waals surface area contributed by atoms with E-state index in [0.717, 1.165) is 21.7 Å². The Kier molecular flexibility index (Phi) is 8.52. The van der Waals surface area contributed by atoms with Crippen LogP contribution in [0.3, 0.4) is 0 Å². The van der Waals surface area contributed by atoms with E-state index in [1.54, 1.807) is 56.8 Å². The molecule has 0 spiro atoms. The van der Waals surface area contributed by atoms with Gasteiger partial charge in [0.2, 0.25) is 21.8 Å². The molecule has 0 saturated carbocycles. The molecule has 0 unspecified atom stereocenters. The second kappa shape index (κ2) is 10.9. The summed E-state index contributed by atoms with van der Waals surface area (Å²) in [6, 6.07) is 9.88. The van der Waals surface area contributed by atoms with E-state index in [2.05, 4.69) is 10.3 Å². The van der Waals surface area contributed by atoms with Crippen molar-refractivity contribution in [2.45, 2.75) is 26.1 Å². The third kappa shape index (κ3) is 7.34. The van der Waals surface area contributed by atoms with E-state index in [1.165, 1.54) is 11.9 Å².